The summed E-state index contributed by atoms with van der Waals surface area (Å²) in [7, 11) is 0. The van der Waals surface area contributed by atoms with E-state index in [0.29, 0.717) is 5.56 Å². The zero-order valence-electron chi connectivity index (χ0n) is 18.5. The van der Waals surface area contributed by atoms with Crippen LogP contribution in [0.4, 0.5) is 32.0 Å². The van der Waals surface area contributed by atoms with Crippen molar-refractivity contribution < 1.29 is 46.1 Å². The van der Waals surface area contributed by atoms with Crippen LogP contribution in [0.25, 0.3) is 5.57 Å². The molecule has 0 fully saturated rings. The molecule has 194 valence electrons. The maximum atomic E-state index is 12.8. The summed E-state index contributed by atoms with van der Waals surface area (Å²) < 4.78 is 76.7. The van der Waals surface area contributed by atoms with Gasteiger partial charge in [0.05, 0.1) is 18.4 Å². The first-order valence-corrected chi connectivity index (χ1v) is 10.6. The average molecular weight is 517 g/mol. The SMILES string of the molecule is O=C1NC(=O)c2ccc(N(CCC(F)(F)F)CCC(F)(F)F)cc2C1=CNCc1ccc(O)c(O)c1. The number of phenolic OH excluding ortho intramolecular Hbond substituents is 2. The number of nitrogens with zero attached hydrogens (tertiary/aromatic N) is 1. The van der Waals surface area contributed by atoms with Crippen LogP contribution in [0.3, 0.4) is 0 Å². The fraction of sp³-hybridized carbons (Fsp3) is 0.304. The van der Waals surface area contributed by atoms with Gasteiger partial charge in [-0.25, -0.2) is 0 Å². The van der Waals surface area contributed by atoms with Gasteiger partial charge in [-0.05, 0) is 35.9 Å². The molecule has 2 aromatic rings. The first-order valence-electron chi connectivity index (χ1n) is 10.6. The number of aromatic hydroxyl groups is 2. The number of phenols is 2. The summed E-state index contributed by atoms with van der Waals surface area (Å²) in [5.74, 6) is -2.28. The smallest absolute Gasteiger partial charge is 0.390 e. The number of alkyl halides is 6. The molecule has 0 aromatic heterocycles. The van der Waals surface area contributed by atoms with Crippen molar-refractivity contribution in [2.75, 3.05) is 18.0 Å². The highest BCUT2D eigenvalue weighted by Gasteiger charge is 2.32. The summed E-state index contributed by atoms with van der Waals surface area (Å²) in [5.41, 5.74) is 0.487. The first kappa shape index (κ1) is 26.7. The minimum absolute atomic E-state index is 0.0141. The molecule has 1 heterocycles. The van der Waals surface area contributed by atoms with Crippen molar-refractivity contribution >= 4 is 23.1 Å². The van der Waals surface area contributed by atoms with Crippen molar-refractivity contribution in [2.24, 2.45) is 0 Å². The van der Waals surface area contributed by atoms with Crippen molar-refractivity contribution in [1.82, 2.24) is 10.6 Å². The van der Waals surface area contributed by atoms with Crippen molar-refractivity contribution in [1.29, 1.82) is 0 Å². The molecule has 0 spiro atoms. The molecule has 0 atom stereocenters. The van der Waals surface area contributed by atoms with Crippen LogP contribution in [0.2, 0.25) is 0 Å². The van der Waals surface area contributed by atoms with Gasteiger partial charge in [-0.3, -0.25) is 14.9 Å². The molecule has 13 heteroatoms. The van der Waals surface area contributed by atoms with Crippen molar-refractivity contribution in [3.63, 3.8) is 0 Å². The van der Waals surface area contributed by atoms with Gasteiger partial charge in [0.15, 0.2) is 11.5 Å². The third-order valence-corrected chi connectivity index (χ3v) is 5.30. The maximum Gasteiger partial charge on any atom is 0.390 e. The van der Waals surface area contributed by atoms with Gasteiger partial charge in [-0.2, -0.15) is 26.3 Å². The monoisotopic (exact) mass is 517 g/mol. The molecular weight excluding hydrogens is 496 g/mol. The third kappa shape index (κ3) is 7.06. The fourth-order valence-corrected chi connectivity index (χ4v) is 3.50. The summed E-state index contributed by atoms with van der Waals surface area (Å²) in [5, 5.41) is 23.9. The van der Waals surface area contributed by atoms with Crippen LogP contribution in [-0.2, 0) is 11.3 Å². The number of anilines is 1. The largest absolute Gasteiger partial charge is 0.504 e. The highest BCUT2D eigenvalue weighted by atomic mass is 19.4. The predicted molar refractivity (Wildman–Crippen MR) is 117 cm³/mol. The molecule has 2 amide bonds. The van der Waals surface area contributed by atoms with Gasteiger partial charge in [0.25, 0.3) is 11.8 Å². The molecule has 2 aromatic carbocycles. The molecule has 4 N–H and O–H groups in total. The van der Waals surface area contributed by atoms with E-state index in [4.69, 9.17) is 0 Å². The lowest BCUT2D eigenvalue weighted by molar-refractivity contribution is -0.135. The highest BCUT2D eigenvalue weighted by molar-refractivity contribution is 6.31. The standard InChI is InChI=1S/C23H21F6N3O4/c24-22(25,26)5-7-32(8-6-23(27,28)29)14-2-3-15-16(10-14)17(21(36)31-20(15)35)12-30-11-13-1-4-18(33)19(34)9-13/h1-4,9-10,12,30,33-34H,5-8,11H2,(H,31,35,36). The van der Waals surface area contributed by atoms with E-state index in [1.165, 1.54) is 42.6 Å². The second kappa shape index (κ2) is 10.4. The predicted octanol–water partition coefficient (Wildman–Crippen LogP) is 4.21. The maximum absolute atomic E-state index is 12.8. The van der Waals surface area contributed by atoms with E-state index in [-0.39, 0.29) is 40.4 Å². The van der Waals surface area contributed by atoms with E-state index in [0.717, 1.165) is 4.90 Å². The topological polar surface area (TPSA) is 102 Å². The Bertz CT molecular complexity index is 1160. The molecule has 36 heavy (non-hydrogen) atoms. The Hall–Kier alpha value is -3.90. The Morgan fingerprint density at radius 2 is 1.47 bits per heavy atom. The molecular formula is C23H21F6N3O4. The van der Waals surface area contributed by atoms with Crippen molar-refractivity contribution in [3.8, 4) is 11.5 Å². The summed E-state index contributed by atoms with van der Waals surface area (Å²) in [6.45, 7) is -1.42. The number of benzene rings is 2. The van der Waals surface area contributed by atoms with Crippen LogP contribution in [-0.4, -0.2) is 47.5 Å². The van der Waals surface area contributed by atoms with E-state index >= 15 is 0 Å². The van der Waals surface area contributed by atoms with Crippen molar-refractivity contribution in [2.45, 2.75) is 31.7 Å². The van der Waals surface area contributed by atoms with Gasteiger partial charge in [-0.1, -0.05) is 6.07 Å². The molecule has 1 aliphatic rings. The quantitative estimate of drug-likeness (QED) is 0.181. The molecule has 3 rings (SSSR count). The molecule has 0 saturated carbocycles. The Labute approximate surface area is 201 Å². The lowest BCUT2D eigenvalue weighted by atomic mass is 9.94. The average Bonchev–Trinajstić information content (AvgIpc) is 2.76. The summed E-state index contributed by atoms with van der Waals surface area (Å²) in [6, 6.07) is 7.69. The molecule has 0 aliphatic carbocycles. The molecule has 0 bridgehead atoms. The minimum Gasteiger partial charge on any atom is -0.504 e. The molecule has 0 saturated heterocycles. The minimum atomic E-state index is -4.60. The number of halogens is 6. The second-order valence-corrected chi connectivity index (χ2v) is 7.99. The van der Waals surface area contributed by atoms with E-state index in [1.807, 2.05) is 0 Å². The van der Waals surface area contributed by atoms with Crippen molar-refractivity contribution in [3.05, 3.63) is 59.3 Å². The summed E-state index contributed by atoms with van der Waals surface area (Å²) in [6.07, 6.45) is -10.7. The highest BCUT2D eigenvalue weighted by Crippen LogP contribution is 2.31. The molecule has 0 unspecified atom stereocenters. The van der Waals surface area contributed by atoms with E-state index < -0.39 is 50.1 Å². The van der Waals surface area contributed by atoms with Crippen LogP contribution in [0, 0.1) is 0 Å². The Kier molecular flexibility index (Phi) is 7.70. The lowest BCUT2D eigenvalue weighted by Gasteiger charge is -2.28. The molecule has 0 radical (unpaired) electrons. The zero-order valence-corrected chi connectivity index (χ0v) is 18.5. The van der Waals surface area contributed by atoms with Crippen LogP contribution < -0.4 is 15.5 Å². The normalized spacial score (nSPS) is 15.0. The van der Waals surface area contributed by atoms with Crippen LogP contribution >= 0.6 is 0 Å². The van der Waals surface area contributed by atoms with Crippen LogP contribution in [0.15, 0.2) is 42.6 Å². The van der Waals surface area contributed by atoms with Gasteiger partial charge in [0, 0.05) is 42.6 Å². The third-order valence-electron chi connectivity index (χ3n) is 5.30. The second-order valence-electron chi connectivity index (χ2n) is 7.99. The number of hydrogen-bond acceptors (Lipinski definition) is 6. The summed E-state index contributed by atoms with van der Waals surface area (Å²) in [4.78, 5) is 25.6. The number of fused-ring (bicyclic) bond motifs is 1. The molecule has 7 nitrogen and oxygen atoms in total. The summed E-state index contributed by atoms with van der Waals surface area (Å²) >= 11 is 0. The van der Waals surface area contributed by atoms with E-state index in [1.54, 1.807) is 0 Å². The van der Waals surface area contributed by atoms with Gasteiger partial charge < -0.3 is 20.4 Å². The fourth-order valence-electron chi connectivity index (χ4n) is 3.50. The Morgan fingerprint density at radius 1 is 0.833 bits per heavy atom. The number of hydrogen-bond donors (Lipinski definition) is 4. The van der Waals surface area contributed by atoms with E-state index in [2.05, 4.69) is 10.6 Å². The van der Waals surface area contributed by atoms with E-state index in [9.17, 15) is 46.1 Å². The number of carbonyl (C=O) groups is 2. The lowest BCUT2D eigenvalue weighted by Crippen LogP contribution is -2.37. The van der Waals surface area contributed by atoms with Gasteiger partial charge in [0.2, 0.25) is 0 Å². The number of imide groups is 1. The Morgan fingerprint density at radius 3 is 2.06 bits per heavy atom. The first-order chi connectivity index (χ1) is 16.7. The number of nitrogens with one attached hydrogen (secondary N) is 2. The van der Waals surface area contributed by atoms with Gasteiger partial charge >= 0.3 is 12.4 Å². The number of amides is 2. The Balaban J connectivity index is 1.91. The number of rotatable bonds is 8. The van der Waals surface area contributed by atoms with Gasteiger partial charge in [0.1, 0.15) is 0 Å². The van der Waals surface area contributed by atoms with Crippen LogP contribution in [0.1, 0.15) is 34.3 Å². The molecule has 1 aliphatic heterocycles. The number of carbonyl (C=O) groups excluding carboxylic acids is 2. The van der Waals surface area contributed by atoms with Crippen LogP contribution in [0.5, 0.6) is 11.5 Å². The van der Waals surface area contributed by atoms with Gasteiger partial charge in [-0.15, -0.1) is 0 Å². The zero-order chi connectivity index (χ0) is 26.7.